The van der Waals surface area contributed by atoms with E-state index in [4.69, 9.17) is 11.1 Å². The van der Waals surface area contributed by atoms with E-state index in [2.05, 4.69) is 15.6 Å². The van der Waals surface area contributed by atoms with Crippen LogP contribution in [0.4, 0.5) is 5.69 Å². The molecule has 1 saturated heterocycles. The van der Waals surface area contributed by atoms with Crippen LogP contribution in [0, 0.1) is 11.3 Å². The Bertz CT molecular complexity index is 1160. The van der Waals surface area contributed by atoms with E-state index in [0.29, 0.717) is 42.5 Å². The number of allylic oxidation sites excluding steroid dienone is 1. The topological polar surface area (TPSA) is 138 Å². The Morgan fingerprint density at radius 3 is 2.62 bits per heavy atom. The summed E-state index contributed by atoms with van der Waals surface area (Å²) in [4.78, 5) is 17.5. The number of amides is 1. The number of pyridine rings is 1. The highest BCUT2D eigenvalue weighted by atomic mass is 32.2. The summed E-state index contributed by atoms with van der Waals surface area (Å²) in [6.45, 7) is 0.498. The lowest BCUT2D eigenvalue weighted by Crippen LogP contribution is -2.30. The first-order valence-corrected chi connectivity index (χ1v) is 12.8. The molecule has 1 aliphatic heterocycles. The predicted octanol–water partition coefficient (Wildman–Crippen LogP) is 2.70. The Morgan fingerprint density at radius 1 is 1.22 bits per heavy atom. The lowest BCUT2D eigenvalue weighted by Gasteiger charge is -2.22. The number of rotatable bonds is 8. The van der Waals surface area contributed by atoms with E-state index in [1.165, 1.54) is 12.4 Å². The lowest BCUT2D eigenvalue weighted by atomic mass is 9.99. The van der Waals surface area contributed by atoms with Crippen LogP contribution in [0.5, 0.6) is 0 Å². The number of nitrogens with two attached hydrogens (primary N) is 1. The second kappa shape index (κ2) is 9.28. The number of sulfone groups is 1. The molecule has 170 valence electrons. The van der Waals surface area contributed by atoms with E-state index in [0.717, 1.165) is 41.4 Å². The summed E-state index contributed by atoms with van der Waals surface area (Å²) in [5.74, 6) is 0.612. The third-order valence-corrected chi connectivity index (χ3v) is 7.93. The minimum Gasteiger partial charge on any atom is -0.404 e. The molecule has 0 bridgehead atoms. The van der Waals surface area contributed by atoms with E-state index in [1.807, 2.05) is 18.2 Å². The highest BCUT2D eigenvalue weighted by Gasteiger charge is 2.26. The molecule has 4 rings (SSSR count). The van der Waals surface area contributed by atoms with Gasteiger partial charge in [0.25, 0.3) is 5.91 Å². The summed E-state index contributed by atoms with van der Waals surface area (Å²) >= 11 is 0. The Balaban J connectivity index is 1.54. The van der Waals surface area contributed by atoms with E-state index in [-0.39, 0.29) is 17.4 Å². The van der Waals surface area contributed by atoms with Gasteiger partial charge in [0.1, 0.15) is 9.84 Å². The van der Waals surface area contributed by atoms with Gasteiger partial charge >= 0.3 is 0 Å². The average molecular weight is 456 g/mol. The summed E-state index contributed by atoms with van der Waals surface area (Å²) in [7, 11) is -2.88. The van der Waals surface area contributed by atoms with Gasteiger partial charge in [0.2, 0.25) is 0 Å². The molecule has 1 amide bonds. The van der Waals surface area contributed by atoms with Gasteiger partial charge in [-0.3, -0.25) is 9.78 Å². The molecule has 0 atom stereocenters. The maximum Gasteiger partial charge on any atom is 0.254 e. The standard InChI is InChI=1S/C23H29N5O3S/c24-12-17(13-25)16-1-4-21-19(11-16)22(28-18-2-3-18)20(14-27-21)23(29)26-8-5-15-6-9-32(30,31)10-7-15/h1,4,11-15,18,24H,2-3,5-10,25H2,(H,26,29)(H,27,28)/b17-13+,24-12?. The van der Waals surface area contributed by atoms with Gasteiger partial charge in [-0.05, 0) is 55.7 Å². The van der Waals surface area contributed by atoms with Crippen LogP contribution in [-0.4, -0.2) is 49.6 Å². The normalized spacial score (nSPS) is 18.9. The van der Waals surface area contributed by atoms with Crippen LogP contribution in [0.3, 0.4) is 0 Å². The highest BCUT2D eigenvalue weighted by Crippen LogP contribution is 2.33. The third kappa shape index (κ3) is 5.09. The van der Waals surface area contributed by atoms with Crippen molar-refractivity contribution < 1.29 is 13.2 Å². The van der Waals surface area contributed by atoms with E-state index in [1.54, 1.807) is 6.20 Å². The second-order valence-corrected chi connectivity index (χ2v) is 10.9. The quantitative estimate of drug-likeness (QED) is 0.452. The van der Waals surface area contributed by atoms with Crippen molar-refractivity contribution in [3.05, 3.63) is 41.7 Å². The first-order valence-electron chi connectivity index (χ1n) is 11.0. The summed E-state index contributed by atoms with van der Waals surface area (Å²) in [6.07, 6.45) is 8.41. The van der Waals surface area contributed by atoms with Crippen molar-refractivity contribution in [2.75, 3.05) is 23.4 Å². The number of aromatic nitrogens is 1. The third-order valence-electron chi connectivity index (χ3n) is 6.22. The molecule has 5 N–H and O–H groups in total. The monoisotopic (exact) mass is 455 g/mol. The molecular formula is C23H29N5O3S. The minimum absolute atomic E-state index is 0.196. The molecule has 32 heavy (non-hydrogen) atoms. The largest absolute Gasteiger partial charge is 0.404 e. The lowest BCUT2D eigenvalue weighted by molar-refractivity contribution is 0.0951. The van der Waals surface area contributed by atoms with E-state index >= 15 is 0 Å². The van der Waals surface area contributed by atoms with Gasteiger partial charge < -0.3 is 21.8 Å². The van der Waals surface area contributed by atoms with Gasteiger partial charge in [0, 0.05) is 42.2 Å². The van der Waals surface area contributed by atoms with Crippen molar-refractivity contribution in [3.63, 3.8) is 0 Å². The van der Waals surface area contributed by atoms with Crippen LogP contribution >= 0.6 is 0 Å². The number of nitrogens with one attached hydrogen (secondary N) is 3. The molecule has 0 radical (unpaired) electrons. The fourth-order valence-electron chi connectivity index (χ4n) is 4.07. The Labute approximate surface area is 188 Å². The molecular weight excluding hydrogens is 426 g/mol. The van der Waals surface area contributed by atoms with Crippen molar-refractivity contribution in [2.45, 2.75) is 38.1 Å². The number of benzene rings is 1. The van der Waals surface area contributed by atoms with Gasteiger partial charge in [0.05, 0.1) is 28.3 Å². The van der Waals surface area contributed by atoms with Crippen LogP contribution in [0.15, 0.2) is 30.6 Å². The number of fused-ring (bicyclic) bond motifs is 1. The fourth-order valence-corrected chi connectivity index (χ4v) is 5.66. The molecule has 8 nitrogen and oxygen atoms in total. The summed E-state index contributed by atoms with van der Waals surface area (Å²) in [5, 5.41) is 14.9. The molecule has 2 heterocycles. The predicted molar refractivity (Wildman–Crippen MR) is 128 cm³/mol. The van der Waals surface area contributed by atoms with Crippen LogP contribution in [0.1, 0.15) is 48.0 Å². The average Bonchev–Trinajstić information content (AvgIpc) is 3.60. The first-order chi connectivity index (χ1) is 15.4. The van der Waals surface area contributed by atoms with Crippen LogP contribution in [-0.2, 0) is 9.84 Å². The van der Waals surface area contributed by atoms with Gasteiger partial charge in [0.15, 0.2) is 0 Å². The fraction of sp³-hybridized carbons (Fsp3) is 0.435. The first kappa shape index (κ1) is 22.3. The zero-order valence-electron chi connectivity index (χ0n) is 17.9. The summed E-state index contributed by atoms with van der Waals surface area (Å²) in [6, 6.07) is 5.99. The molecule has 1 aromatic carbocycles. The van der Waals surface area contributed by atoms with Gasteiger partial charge in [-0.15, -0.1) is 0 Å². The molecule has 0 unspecified atom stereocenters. The van der Waals surface area contributed by atoms with Gasteiger partial charge in [-0.25, -0.2) is 8.42 Å². The summed E-state index contributed by atoms with van der Waals surface area (Å²) < 4.78 is 23.2. The SMILES string of the molecule is N=C/C(=C\N)c1ccc2ncc(C(=O)NCCC3CCS(=O)(=O)CC3)c(NC3CC3)c2c1. The Hall–Kier alpha value is -2.94. The number of anilines is 1. The zero-order valence-corrected chi connectivity index (χ0v) is 18.7. The molecule has 1 aromatic heterocycles. The second-order valence-electron chi connectivity index (χ2n) is 8.60. The van der Waals surface area contributed by atoms with Crippen LogP contribution in [0.2, 0.25) is 0 Å². The maximum atomic E-state index is 13.0. The minimum atomic E-state index is -2.88. The molecule has 1 aliphatic carbocycles. The smallest absolute Gasteiger partial charge is 0.254 e. The van der Waals surface area contributed by atoms with Crippen LogP contribution in [0.25, 0.3) is 16.5 Å². The van der Waals surface area contributed by atoms with Crippen molar-refractivity contribution in [1.29, 1.82) is 5.41 Å². The molecule has 9 heteroatoms. The number of carbonyl (C=O) groups is 1. The maximum absolute atomic E-state index is 13.0. The Morgan fingerprint density at radius 2 is 1.97 bits per heavy atom. The van der Waals surface area contributed by atoms with E-state index < -0.39 is 9.84 Å². The number of nitrogens with zero attached hydrogens (tertiary/aromatic N) is 1. The molecule has 2 fully saturated rings. The Kier molecular flexibility index (Phi) is 6.45. The van der Waals surface area contributed by atoms with Gasteiger partial charge in [-0.2, -0.15) is 0 Å². The van der Waals surface area contributed by atoms with Crippen LogP contribution < -0.4 is 16.4 Å². The number of hydrogen-bond acceptors (Lipinski definition) is 7. The van der Waals surface area contributed by atoms with Crippen molar-refractivity contribution in [3.8, 4) is 0 Å². The van der Waals surface area contributed by atoms with Gasteiger partial charge in [-0.1, -0.05) is 6.07 Å². The molecule has 1 saturated carbocycles. The van der Waals surface area contributed by atoms with Crippen molar-refractivity contribution in [1.82, 2.24) is 10.3 Å². The van der Waals surface area contributed by atoms with E-state index in [9.17, 15) is 13.2 Å². The van der Waals surface area contributed by atoms with Crippen molar-refractivity contribution in [2.24, 2.45) is 11.7 Å². The van der Waals surface area contributed by atoms with Crippen molar-refractivity contribution >= 4 is 44.1 Å². The summed E-state index contributed by atoms with van der Waals surface area (Å²) in [5.41, 5.74) is 9.04. The zero-order chi connectivity index (χ0) is 22.7. The molecule has 0 spiro atoms. The highest BCUT2D eigenvalue weighted by molar-refractivity contribution is 7.91. The molecule has 2 aromatic rings. The molecule has 2 aliphatic rings. The number of hydrogen-bond donors (Lipinski definition) is 4. The number of carbonyl (C=O) groups excluding carboxylic acids is 1.